The Labute approximate surface area is 102 Å². The largest absolute Gasteiger partial charge is 0.377 e. The highest BCUT2D eigenvalue weighted by Gasteiger charge is 2.07. The molecule has 1 aromatic rings. The number of ketones is 1. The molecule has 0 aromatic heterocycles. The van der Waals surface area contributed by atoms with Gasteiger partial charge in [0, 0.05) is 26.3 Å². The quantitative estimate of drug-likeness (QED) is 0.782. The van der Waals surface area contributed by atoms with Crippen molar-refractivity contribution in [2.45, 2.75) is 19.9 Å². The third-order valence-corrected chi connectivity index (χ3v) is 2.36. The van der Waals surface area contributed by atoms with Crippen molar-refractivity contribution in [2.24, 2.45) is 0 Å². The molecular weight excluding hydrogens is 216 g/mol. The number of amides is 1. The van der Waals surface area contributed by atoms with Crippen LogP contribution in [-0.2, 0) is 16.1 Å². The molecule has 0 aliphatic rings. The molecule has 4 heteroatoms. The number of carbonyl (C=O) groups is 2. The van der Waals surface area contributed by atoms with Gasteiger partial charge in [0.05, 0.1) is 6.42 Å². The lowest BCUT2D eigenvalue weighted by Crippen LogP contribution is -2.25. The lowest BCUT2D eigenvalue weighted by atomic mass is 10.1. The van der Waals surface area contributed by atoms with Crippen molar-refractivity contribution in [3.05, 3.63) is 29.8 Å². The predicted octanol–water partition coefficient (Wildman–Crippen LogP) is 1.35. The zero-order valence-electron chi connectivity index (χ0n) is 10.5. The molecular formula is C13H18N2O2. The summed E-state index contributed by atoms with van der Waals surface area (Å²) in [6.07, 6.45) is -0.0515. The molecule has 92 valence electrons. The number of Topliss-reactive ketones (excluding diaryl/α,β-unsaturated/α-hetero) is 1. The third kappa shape index (κ3) is 4.26. The van der Waals surface area contributed by atoms with Crippen molar-refractivity contribution in [1.29, 1.82) is 0 Å². The van der Waals surface area contributed by atoms with Gasteiger partial charge in [0.2, 0.25) is 5.91 Å². The van der Waals surface area contributed by atoms with Gasteiger partial charge in [-0.25, -0.2) is 0 Å². The molecule has 0 saturated carbocycles. The van der Waals surface area contributed by atoms with Crippen molar-refractivity contribution < 1.29 is 9.59 Å². The normalized spacial score (nSPS) is 9.82. The summed E-state index contributed by atoms with van der Waals surface area (Å²) in [4.78, 5) is 24.1. The first kappa shape index (κ1) is 13.2. The minimum atomic E-state index is -0.231. The predicted molar refractivity (Wildman–Crippen MR) is 67.9 cm³/mol. The summed E-state index contributed by atoms with van der Waals surface area (Å²) in [6.45, 7) is 1.85. The second-order valence-electron chi connectivity index (χ2n) is 4.18. The first-order valence-corrected chi connectivity index (χ1v) is 5.52. The second kappa shape index (κ2) is 6.03. The molecule has 0 spiro atoms. The maximum atomic E-state index is 11.4. The summed E-state index contributed by atoms with van der Waals surface area (Å²) in [7, 11) is 3.91. The summed E-state index contributed by atoms with van der Waals surface area (Å²) in [5, 5.41) is 2.74. The third-order valence-electron chi connectivity index (χ3n) is 2.36. The van der Waals surface area contributed by atoms with Crippen molar-refractivity contribution in [2.75, 3.05) is 19.0 Å². The van der Waals surface area contributed by atoms with Gasteiger partial charge in [0.25, 0.3) is 0 Å². The van der Waals surface area contributed by atoms with Crippen LogP contribution in [0.5, 0.6) is 0 Å². The molecule has 0 fully saturated rings. The topological polar surface area (TPSA) is 49.4 Å². The molecule has 1 amide bonds. The second-order valence-corrected chi connectivity index (χ2v) is 4.18. The fourth-order valence-corrected chi connectivity index (χ4v) is 1.58. The van der Waals surface area contributed by atoms with Crippen LogP contribution in [0.25, 0.3) is 0 Å². The Morgan fingerprint density at radius 3 is 2.47 bits per heavy atom. The monoisotopic (exact) mass is 234 g/mol. The van der Waals surface area contributed by atoms with Crippen molar-refractivity contribution >= 4 is 17.4 Å². The van der Waals surface area contributed by atoms with Crippen molar-refractivity contribution in [1.82, 2.24) is 5.32 Å². The SMILES string of the molecule is CC(=O)CC(=O)NCc1ccccc1N(C)C. The Hall–Kier alpha value is -1.84. The zero-order chi connectivity index (χ0) is 12.8. The lowest BCUT2D eigenvalue weighted by Gasteiger charge is -2.17. The van der Waals surface area contributed by atoms with Crippen LogP contribution in [0.3, 0.4) is 0 Å². The van der Waals surface area contributed by atoms with Crippen LogP contribution in [0.2, 0.25) is 0 Å². The van der Waals surface area contributed by atoms with Crippen molar-refractivity contribution in [3.8, 4) is 0 Å². The van der Waals surface area contributed by atoms with Gasteiger partial charge in [0.15, 0.2) is 0 Å². The fourth-order valence-electron chi connectivity index (χ4n) is 1.58. The van der Waals surface area contributed by atoms with Crippen LogP contribution in [0.4, 0.5) is 5.69 Å². The van der Waals surface area contributed by atoms with Gasteiger partial charge in [-0.05, 0) is 18.6 Å². The number of anilines is 1. The summed E-state index contributed by atoms with van der Waals surface area (Å²) in [6, 6.07) is 7.84. The van der Waals surface area contributed by atoms with Crippen LogP contribution in [-0.4, -0.2) is 25.8 Å². The van der Waals surface area contributed by atoms with Crippen LogP contribution in [0.1, 0.15) is 18.9 Å². The molecule has 4 nitrogen and oxygen atoms in total. The summed E-state index contributed by atoms with van der Waals surface area (Å²) in [5.74, 6) is -0.352. The molecule has 0 aliphatic heterocycles. The lowest BCUT2D eigenvalue weighted by molar-refractivity contribution is -0.127. The molecule has 17 heavy (non-hydrogen) atoms. The number of carbonyl (C=O) groups excluding carboxylic acids is 2. The van der Waals surface area contributed by atoms with Crippen LogP contribution in [0.15, 0.2) is 24.3 Å². The number of nitrogens with one attached hydrogen (secondary N) is 1. The molecule has 0 aliphatic carbocycles. The highest BCUT2D eigenvalue weighted by atomic mass is 16.2. The summed E-state index contributed by atoms with van der Waals surface area (Å²) < 4.78 is 0. The van der Waals surface area contributed by atoms with Crippen molar-refractivity contribution in [3.63, 3.8) is 0 Å². The van der Waals surface area contributed by atoms with E-state index in [-0.39, 0.29) is 18.1 Å². The number of hydrogen-bond donors (Lipinski definition) is 1. The van der Waals surface area contributed by atoms with Gasteiger partial charge in [-0.1, -0.05) is 18.2 Å². The minimum Gasteiger partial charge on any atom is -0.377 e. The van der Waals surface area contributed by atoms with Gasteiger partial charge in [-0.2, -0.15) is 0 Å². The van der Waals surface area contributed by atoms with Gasteiger partial charge in [-0.3, -0.25) is 9.59 Å². The maximum Gasteiger partial charge on any atom is 0.227 e. The maximum absolute atomic E-state index is 11.4. The van der Waals surface area contributed by atoms with E-state index in [2.05, 4.69) is 5.32 Å². The van der Waals surface area contributed by atoms with Gasteiger partial charge >= 0.3 is 0 Å². The molecule has 1 N–H and O–H groups in total. The molecule has 0 saturated heterocycles. The van der Waals surface area contributed by atoms with E-state index in [1.807, 2.05) is 43.3 Å². The van der Waals surface area contributed by atoms with Crippen LogP contribution in [0, 0.1) is 0 Å². The zero-order valence-corrected chi connectivity index (χ0v) is 10.5. The van der Waals surface area contributed by atoms with E-state index in [0.29, 0.717) is 6.54 Å². The first-order valence-electron chi connectivity index (χ1n) is 5.52. The van der Waals surface area contributed by atoms with Crippen LogP contribution < -0.4 is 10.2 Å². The van der Waals surface area contributed by atoms with E-state index in [4.69, 9.17) is 0 Å². The Balaban J connectivity index is 2.63. The molecule has 0 radical (unpaired) electrons. The Morgan fingerprint density at radius 2 is 1.88 bits per heavy atom. The van der Waals surface area contributed by atoms with Crippen LogP contribution >= 0.6 is 0 Å². The average molecular weight is 234 g/mol. The highest BCUT2D eigenvalue weighted by molar-refractivity contribution is 5.96. The Bertz CT molecular complexity index is 414. The van der Waals surface area contributed by atoms with Gasteiger partial charge < -0.3 is 10.2 Å². The molecule has 1 rings (SSSR count). The van der Waals surface area contributed by atoms with Gasteiger partial charge in [0.1, 0.15) is 5.78 Å². The number of rotatable bonds is 5. The van der Waals surface area contributed by atoms with E-state index in [0.717, 1.165) is 11.3 Å². The molecule has 0 heterocycles. The Morgan fingerprint density at radius 1 is 1.24 bits per heavy atom. The Kier molecular flexibility index (Phi) is 4.69. The molecule has 0 atom stereocenters. The summed E-state index contributed by atoms with van der Waals surface area (Å²) >= 11 is 0. The van der Waals surface area contributed by atoms with Gasteiger partial charge in [-0.15, -0.1) is 0 Å². The smallest absolute Gasteiger partial charge is 0.227 e. The number of nitrogens with zero attached hydrogens (tertiary/aromatic N) is 1. The summed E-state index contributed by atoms with van der Waals surface area (Å²) in [5.41, 5.74) is 2.10. The van der Waals surface area contributed by atoms with E-state index in [1.165, 1.54) is 6.92 Å². The molecule has 0 bridgehead atoms. The number of para-hydroxylation sites is 1. The van der Waals surface area contributed by atoms with E-state index < -0.39 is 0 Å². The highest BCUT2D eigenvalue weighted by Crippen LogP contribution is 2.17. The first-order chi connectivity index (χ1) is 8.00. The van der Waals surface area contributed by atoms with E-state index >= 15 is 0 Å². The number of benzene rings is 1. The minimum absolute atomic E-state index is 0.0515. The molecule has 0 unspecified atom stereocenters. The standard InChI is InChI=1S/C13H18N2O2/c1-10(16)8-13(17)14-9-11-6-4-5-7-12(11)15(2)3/h4-7H,8-9H2,1-3H3,(H,14,17). The van der Waals surface area contributed by atoms with E-state index in [1.54, 1.807) is 0 Å². The number of hydrogen-bond acceptors (Lipinski definition) is 3. The molecule has 1 aromatic carbocycles. The fraction of sp³-hybridized carbons (Fsp3) is 0.385. The average Bonchev–Trinajstić information content (AvgIpc) is 2.25. The van der Waals surface area contributed by atoms with E-state index in [9.17, 15) is 9.59 Å².